The highest BCUT2D eigenvalue weighted by Gasteiger charge is 2.15. The van der Waals surface area contributed by atoms with Crippen LogP contribution in [0, 0.1) is 5.82 Å². The van der Waals surface area contributed by atoms with E-state index in [1.165, 1.54) is 12.1 Å². The highest BCUT2D eigenvalue weighted by molar-refractivity contribution is 6.31. The molecule has 1 aromatic rings. The molecule has 15 heavy (non-hydrogen) atoms. The number of hydrogen-bond donors (Lipinski definition) is 1. The second kappa shape index (κ2) is 5.33. The average Bonchev–Trinajstić information content (AvgIpc) is 2.18. The molecule has 0 aliphatic carbocycles. The largest absolute Gasteiger partial charge is 0.481 e. The summed E-state index contributed by atoms with van der Waals surface area (Å²) in [7, 11) is 0. The predicted molar refractivity (Wildman–Crippen MR) is 56.9 cm³/mol. The van der Waals surface area contributed by atoms with Gasteiger partial charge in [-0.15, -0.1) is 11.6 Å². The summed E-state index contributed by atoms with van der Waals surface area (Å²) in [5, 5.41) is 7.78. The average molecular weight is 251 g/mol. The van der Waals surface area contributed by atoms with Gasteiger partial charge in [-0.2, -0.15) is 0 Å². The molecule has 2 nitrogen and oxygen atoms in total. The Morgan fingerprint density at radius 2 is 2.20 bits per heavy atom. The van der Waals surface area contributed by atoms with Gasteiger partial charge in [-0.05, 0) is 12.5 Å². The Labute approximate surface area is 96.6 Å². The smallest absolute Gasteiger partial charge is 0.303 e. The van der Waals surface area contributed by atoms with Gasteiger partial charge in [0.1, 0.15) is 5.82 Å². The zero-order valence-corrected chi connectivity index (χ0v) is 9.22. The molecule has 82 valence electrons. The third-order valence-electron chi connectivity index (χ3n) is 1.93. The quantitative estimate of drug-likeness (QED) is 0.829. The lowest BCUT2D eigenvalue weighted by molar-refractivity contribution is -0.137. The summed E-state index contributed by atoms with van der Waals surface area (Å²) < 4.78 is 13.4. The van der Waals surface area contributed by atoms with Crippen molar-refractivity contribution in [2.45, 2.75) is 18.2 Å². The Morgan fingerprint density at radius 3 is 2.80 bits per heavy atom. The molecule has 0 aromatic heterocycles. The zero-order valence-electron chi connectivity index (χ0n) is 7.71. The van der Waals surface area contributed by atoms with Crippen LogP contribution < -0.4 is 0 Å². The number of carboxylic acid groups (broad SMARTS) is 1. The predicted octanol–water partition coefficient (Wildman–Crippen LogP) is 3.62. The van der Waals surface area contributed by atoms with E-state index >= 15 is 0 Å². The van der Waals surface area contributed by atoms with Crippen molar-refractivity contribution in [1.29, 1.82) is 0 Å². The third kappa shape index (κ3) is 3.36. The lowest BCUT2D eigenvalue weighted by Crippen LogP contribution is -2.00. The van der Waals surface area contributed by atoms with E-state index < -0.39 is 17.2 Å². The van der Waals surface area contributed by atoms with Crippen LogP contribution >= 0.6 is 23.2 Å². The number of carboxylic acids is 1. The molecule has 1 atom stereocenters. The van der Waals surface area contributed by atoms with Gasteiger partial charge in [-0.1, -0.05) is 23.7 Å². The fourth-order valence-electron chi connectivity index (χ4n) is 1.17. The van der Waals surface area contributed by atoms with Crippen LogP contribution in [0.4, 0.5) is 4.39 Å². The maximum absolute atomic E-state index is 13.4. The van der Waals surface area contributed by atoms with Crippen molar-refractivity contribution >= 4 is 29.2 Å². The fraction of sp³-hybridized carbons (Fsp3) is 0.300. The summed E-state index contributed by atoms with van der Waals surface area (Å²) in [5.74, 6) is -1.53. The van der Waals surface area contributed by atoms with Crippen LogP contribution in [0.3, 0.4) is 0 Å². The number of alkyl halides is 1. The van der Waals surface area contributed by atoms with E-state index in [-0.39, 0.29) is 23.4 Å². The molecule has 1 rings (SSSR count). The summed E-state index contributed by atoms with van der Waals surface area (Å²) in [6.45, 7) is 0. The first-order valence-electron chi connectivity index (χ1n) is 4.32. The van der Waals surface area contributed by atoms with Gasteiger partial charge in [-0.25, -0.2) is 4.39 Å². The molecule has 0 saturated heterocycles. The van der Waals surface area contributed by atoms with E-state index in [1.807, 2.05) is 0 Å². The van der Waals surface area contributed by atoms with Crippen molar-refractivity contribution in [3.05, 3.63) is 34.6 Å². The number of carbonyl (C=O) groups is 1. The molecule has 0 spiro atoms. The Morgan fingerprint density at radius 1 is 1.53 bits per heavy atom. The summed E-state index contributed by atoms with van der Waals surface area (Å²) >= 11 is 11.4. The molecule has 0 bridgehead atoms. The van der Waals surface area contributed by atoms with Crippen LogP contribution in [-0.2, 0) is 4.79 Å². The molecule has 0 aliphatic heterocycles. The number of rotatable bonds is 4. The molecular formula is C10H9Cl2FO2. The SMILES string of the molecule is O=C(O)CCC(Cl)c1cccc(Cl)c1F. The maximum Gasteiger partial charge on any atom is 0.303 e. The van der Waals surface area contributed by atoms with Crippen LogP contribution in [0.5, 0.6) is 0 Å². The summed E-state index contributed by atoms with van der Waals surface area (Å²) in [6, 6.07) is 4.50. The van der Waals surface area contributed by atoms with Gasteiger partial charge in [0.15, 0.2) is 0 Å². The fourth-order valence-corrected chi connectivity index (χ4v) is 1.63. The second-order valence-corrected chi connectivity index (χ2v) is 3.98. The Hall–Kier alpha value is -0.800. The summed E-state index contributed by atoms with van der Waals surface area (Å²) in [4.78, 5) is 10.3. The van der Waals surface area contributed by atoms with E-state index in [0.29, 0.717) is 0 Å². The van der Waals surface area contributed by atoms with E-state index in [9.17, 15) is 9.18 Å². The minimum atomic E-state index is -0.955. The molecule has 1 N–H and O–H groups in total. The number of benzene rings is 1. The number of halogens is 3. The third-order valence-corrected chi connectivity index (χ3v) is 2.68. The number of hydrogen-bond acceptors (Lipinski definition) is 1. The molecule has 0 amide bonds. The standard InChI is InChI=1S/C10H9Cl2FO2/c11-7(4-5-9(14)15)6-2-1-3-8(12)10(6)13/h1-3,7H,4-5H2,(H,14,15). The normalized spacial score (nSPS) is 12.5. The first kappa shape index (κ1) is 12.3. The van der Waals surface area contributed by atoms with E-state index in [1.54, 1.807) is 6.07 Å². The Balaban J connectivity index is 2.77. The first-order chi connectivity index (χ1) is 7.02. The van der Waals surface area contributed by atoms with Crippen molar-refractivity contribution in [3.63, 3.8) is 0 Å². The lowest BCUT2D eigenvalue weighted by atomic mass is 10.1. The van der Waals surface area contributed by atoms with Crippen LogP contribution in [-0.4, -0.2) is 11.1 Å². The van der Waals surface area contributed by atoms with Gasteiger partial charge in [0, 0.05) is 12.0 Å². The van der Waals surface area contributed by atoms with Crippen molar-refractivity contribution in [2.24, 2.45) is 0 Å². The van der Waals surface area contributed by atoms with Gasteiger partial charge in [0.25, 0.3) is 0 Å². The van der Waals surface area contributed by atoms with Crippen LogP contribution in [0.1, 0.15) is 23.8 Å². The Bertz CT molecular complexity index is 368. The van der Waals surface area contributed by atoms with E-state index in [4.69, 9.17) is 28.3 Å². The summed E-state index contributed by atoms with van der Waals surface area (Å²) in [5.41, 5.74) is 0.241. The molecule has 5 heteroatoms. The topological polar surface area (TPSA) is 37.3 Å². The van der Waals surface area contributed by atoms with Gasteiger partial charge in [0.05, 0.1) is 10.4 Å². The molecule has 0 fully saturated rings. The molecule has 1 unspecified atom stereocenters. The van der Waals surface area contributed by atoms with Gasteiger partial charge < -0.3 is 5.11 Å². The molecule has 0 saturated carbocycles. The highest BCUT2D eigenvalue weighted by Crippen LogP contribution is 2.30. The molecule has 0 aliphatic rings. The van der Waals surface area contributed by atoms with Gasteiger partial charge in [0.2, 0.25) is 0 Å². The molecule has 0 heterocycles. The minimum Gasteiger partial charge on any atom is -0.481 e. The molecular weight excluding hydrogens is 242 g/mol. The van der Waals surface area contributed by atoms with E-state index in [0.717, 1.165) is 0 Å². The monoisotopic (exact) mass is 250 g/mol. The van der Waals surface area contributed by atoms with Crippen molar-refractivity contribution in [1.82, 2.24) is 0 Å². The second-order valence-electron chi connectivity index (χ2n) is 3.04. The molecule has 1 aromatic carbocycles. The maximum atomic E-state index is 13.4. The van der Waals surface area contributed by atoms with Crippen molar-refractivity contribution in [3.8, 4) is 0 Å². The van der Waals surface area contributed by atoms with Crippen molar-refractivity contribution < 1.29 is 14.3 Å². The highest BCUT2D eigenvalue weighted by atomic mass is 35.5. The minimum absolute atomic E-state index is 0.00604. The zero-order chi connectivity index (χ0) is 11.4. The Kier molecular flexibility index (Phi) is 4.36. The first-order valence-corrected chi connectivity index (χ1v) is 5.13. The summed E-state index contributed by atoms with van der Waals surface area (Å²) in [6.07, 6.45) is 0.0776. The van der Waals surface area contributed by atoms with E-state index in [2.05, 4.69) is 0 Å². The molecule has 0 radical (unpaired) electrons. The lowest BCUT2D eigenvalue weighted by Gasteiger charge is -2.09. The van der Waals surface area contributed by atoms with Crippen LogP contribution in [0.2, 0.25) is 5.02 Å². The number of aliphatic carboxylic acids is 1. The van der Waals surface area contributed by atoms with Gasteiger partial charge in [-0.3, -0.25) is 4.79 Å². The van der Waals surface area contributed by atoms with Crippen molar-refractivity contribution in [2.75, 3.05) is 0 Å². The van der Waals surface area contributed by atoms with Crippen LogP contribution in [0.25, 0.3) is 0 Å². The van der Waals surface area contributed by atoms with Gasteiger partial charge >= 0.3 is 5.97 Å². The van der Waals surface area contributed by atoms with Crippen LogP contribution in [0.15, 0.2) is 18.2 Å².